The van der Waals surface area contributed by atoms with Gasteiger partial charge in [0.2, 0.25) is 0 Å². The van der Waals surface area contributed by atoms with Gasteiger partial charge in [0, 0.05) is 10.0 Å². The average Bonchev–Trinajstić information content (AvgIpc) is 2.94. The Balaban J connectivity index is 1.66. The Morgan fingerprint density at radius 2 is 2.17 bits per heavy atom. The van der Waals surface area contributed by atoms with Crippen molar-refractivity contribution in [1.29, 1.82) is 0 Å². The summed E-state index contributed by atoms with van der Waals surface area (Å²) >= 11 is 3.31. The van der Waals surface area contributed by atoms with E-state index in [1.54, 1.807) is 29.1 Å². The van der Waals surface area contributed by atoms with Gasteiger partial charge in [-0.05, 0) is 30.3 Å². The number of nitrogens with zero attached hydrogens (tertiary/aromatic N) is 3. The highest BCUT2D eigenvalue weighted by atomic mass is 79.9. The second kappa shape index (κ2) is 6.62. The van der Waals surface area contributed by atoms with E-state index in [-0.39, 0.29) is 18.2 Å². The van der Waals surface area contributed by atoms with Crippen molar-refractivity contribution in [3.8, 4) is 5.75 Å². The third-order valence-electron chi connectivity index (χ3n) is 3.22. The van der Waals surface area contributed by atoms with Gasteiger partial charge in [-0.3, -0.25) is 4.79 Å². The summed E-state index contributed by atoms with van der Waals surface area (Å²) in [4.78, 5) is 16.2. The van der Waals surface area contributed by atoms with Crippen molar-refractivity contribution in [3.05, 3.63) is 58.8 Å². The summed E-state index contributed by atoms with van der Waals surface area (Å²) in [7, 11) is 0. The Kier molecular flexibility index (Phi) is 4.38. The number of aromatic nitrogens is 2. The molecule has 7 heteroatoms. The predicted octanol–water partition coefficient (Wildman–Crippen LogP) is 2.65. The van der Waals surface area contributed by atoms with E-state index in [4.69, 9.17) is 0 Å². The standard InChI is InChI=1S/C16H13BrN4O2/c17-12-5-6-15(22)11(7-12)8-19-20-16(23)9-21-10-18-13-3-1-2-4-14(13)21/h1-8,10,22H,9H2,(H,20,23)/b19-8+. The first kappa shape index (κ1) is 15.2. The largest absolute Gasteiger partial charge is 0.507 e. The van der Waals surface area contributed by atoms with E-state index in [9.17, 15) is 9.90 Å². The van der Waals surface area contributed by atoms with Crippen molar-refractivity contribution in [2.45, 2.75) is 6.54 Å². The van der Waals surface area contributed by atoms with Crippen molar-refractivity contribution in [3.63, 3.8) is 0 Å². The Hall–Kier alpha value is -2.67. The SMILES string of the molecule is O=C(Cn1cnc2ccccc21)N/N=C/c1cc(Br)ccc1O. The predicted molar refractivity (Wildman–Crippen MR) is 91.3 cm³/mol. The molecule has 3 rings (SSSR count). The van der Waals surface area contributed by atoms with Gasteiger partial charge in [-0.15, -0.1) is 0 Å². The number of hydrogen-bond donors (Lipinski definition) is 2. The molecule has 6 nitrogen and oxygen atoms in total. The number of phenols is 1. The summed E-state index contributed by atoms with van der Waals surface area (Å²) in [5.74, 6) is -0.189. The molecule has 1 amide bonds. The molecule has 2 aromatic carbocycles. The number of halogens is 1. The van der Waals surface area contributed by atoms with E-state index < -0.39 is 0 Å². The molecule has 0 radical (unpaired) electrons. The van der Waals surface area contributed by atoms with Gasteiger partial charge >= 0.3 is 0 Å². The van der Waals surface area contributed by atoms with E-state index >= 15 is 0 Å². The Bertz CT molecular complexity index is 889. The van der Waals surface area contributed by atoms with Crippen LogP contribution in [0.2, 0.25) is 0 Å². The fourth-order valence-corrected chi connectivity index (χ4v) is 2.51. The van der Waals surface area contributed by atoms with Crippen molar-refractivity contribution >= 4 is 39.1 Å². The van der Waals surface area contributed by atoms with Crippen molar-refractivity contribution in [2.75, 3.05) is 0 Å². The lowest BCUT2D eigenvalue weighted by molar-refractivity contribution is -0.121. The molecule has 116 valence electrons. The molecule has 2 N–H and O–H groups in total. The summed E-state index contributed by atoms with van der Waals surface area (Å²) in [5, 5.41) is 13.6. The van der Waals surface area contributed by atoms with Crippen molar-refractivity contribution < 1.29 is 9.90 Å². The number of carbonyl (C=O) groups excluding carboxylic acids is 1. The molecule has 0 aliphatic heterocycles. The van der Waals surface area contributed by atoms with E-state index in [1.165, 1.54) is 6.21 Å². The first-order valence-electron chi connectivity index (χ1n) is 6.84. The second-order valence-corrected chi connectivity index (χ2v) is 5.77. The molecular weight excluding hydrogens is 360 g/mol. The number of rotatable bonds is 4. The number of aromatic hydroxyl groups is 1. The number of carbonyl (C=O) groups is 1. The minimum Gasteiger partial charge on any atom is -0.507 e. The summed E-state index contributed by atoms with van der Waals surface area (Å²) in [6.45, 7) is 0.113. The van der Waals surface area contributed by atoms with Crippen LogP contribution in [-0.2, 0) is 11.3 Å². The molecule has 1 aromatic heterocycles. The van der Waals surface area contributed by atoms with Gasteiger partial charge in [0.25, 0.3) is 5.91 Å². The highest BCUT2D eigenvalue weighted by molar-refractivity contribution is 9.10. The maximum Gasteiger partial charge on any atom is 0.260 e. The molecule has 0 fully saturated rings. The van der Waals surface area contributed by atoms with E-state index in [0.29, 0.717) is 5.56 Å². The molecule has 23 heavy (non-hydrogen) atoms. The molecule has 1 heterocycles. The monoisotopic (exact) mass is 372 g/mol. The van der Waals surface area contributed by atoms with Crippen LogP contribution in [0.5, 0.6) is 5.75 Å². The minimum absolute atomic E-state index is 0.0896. The lowest BCUT2D eigenvalue weighted by atomic mass is 10.2. The third kappa shape index (κ3) is 3.57. The van der Waals surface area contributed by atoms with Gasteiger partial charge in [-0.25, -0.2) is 10.4 Å². The highest BCUT2D eigenvalue weighted by Crippen LogP contribution is 2.19. The first-order chi connectivity index (χ1) is 11.1. The summed E-state index contributed by atoms with van der Waals surface area (Å²) in [5.41, 5.74) is 4.66. The van der Waals surface area contributed by atoms with Crippen molar-refractivity contribution in [1.82, 2.24) is 15.0 Å². The smallest absolute Gasteiger partial charge is 0.260 e. The number of nitrogens with one attached hydrogen (secondary N) is 1. The third-order valence-corrected chi connectivity index (χ3v) is 3.72. The zero-order valence-corrected chi connectivity index (χ0v) is 13.6. The first-order valence-corrected chi connectivity index (χ1v) is 7.63. The quantitative estimate of drug-likeness (QED) is 0.545. The molecule has 3 aromatic rings. The zero-order valence-electron chi connectivity index (χ0n) is 12.0. The Morgan fingerprint density at radius 3 is 3.04 bits per heavy atom. The number of hydrazone groups is 1. The molecular formula is C16H13BrN4O2. The van der Waals surface area contributed by atoms with Crippen LogP contribution in [0.4, 0.5) is 0 Å². The van der Waals surface area contributed by atoms with Gasteiger partial charge in [0.15, 0.2) is 0 Å². The Morgan fingerprint density at radius 1 is 1.35 bits per heavy atom. The number of hydrogen-bond acceptors (Lipinski definition) is 4. The number of para-hydroxylation sites is 2. The van der Waals surface area contributed by atoms with Crippen LogP contribution < -0.4 is 5.43 Å². The van der Waals surface area contributed by atoms with E-state index in [1.807, 2.05) is 24.3 Å². The molecule has 0 atom stereocenters. The van der Waals surface area contributed by atoms with Crippen LogP contribution in [0.25, 0.3) is 11.0 Å². The van der Waals surface area contributed by atoms with Crippen LogP contribution in [0.15, 0.2) is 58.4 Å². The fourth-order valence-electron chi connectivity index (χ4n) is 2.13. The molecule has 0 saturated heterocycles. The van der Waals surface area contributed by atoms with E-state index in [0.717, 1.165) is 15.5 Å². The van der Waals surface area contributed by atoms with Gasteiger partial charge < -0.3 is 9.67 Å². The number of fused-ring (bicyclic) bond motifs is 1. The summed E-state index contributed by atoms with van der Waals surface area (Å²) in [6, 6.07) is 12.5. The van der Waals surface area contributed by atoms with Crippen LogP contribution in [-0.4, -0.2) is 26.8 Å². The van der Waals surface area contributed by atoms with Gasteiger partial charge in [-0.2, -0.15) is 5.10 Å². The van der Waals surface area contributed by atoms with Gasteiger partial charge in [0.1, 0.15) is 12.3 Å². The van der Waals surface area contributed by atoms with Gasteiger partial charge in [0.05, 0.1) is 23.6 Å². The summed E-state index contributed by atoms with van der Waals surface area (Å²) in [6.07, 6.45) is 3.01. The average molecular weight is 373 g/mol. The Labute approximate surface area is 140 Å². The van der Waals surface area contributed by atoms with Crippen LogP contribution in [0.3, 0.4) is 0 Å². The number of amides is 1. The fraction of sp³-hybridized carbons (Fsp3) is 0.0625. The molecule has 0 aliphatic carbocycles. The number of phenolic OH excluding ortho intramolecular Hbond substituents is 1. The number of imidazole rings is 1. The second-order valence-electron chi connectivity index (χ2n) is 4.86. The minimum atomic E-state index is -0.279. The topological polar surface area (TPSA) is 79.5 Å². The maximum absolute atomic E-state index is 12.0. The normalized spacial score (nSPS) is 11.2. The van der Waals surface area contributed by atoms with Crippen molar-refractivity contribution in [2.24, 2.45) is 5.10 Å². The van der Waals surface area contributed by atoms with Crippen LogP contribution in [0.1, 0.15) is 5.56 Å². The van der Waals surface area contributed by atoms with Crippen LogP contribution >= 0.6 is 15.9 Å². The van der Waals surface area contributed by atoms with Crippen LogP contribution in [0, 0.1) is 0 Å². The molecule has 0 unspecified atom stereocenters. The highest BCUT2D eigenvalue weighted by Gasteiger charge is 2.06. The van der Waals surface area contributed by atoms with Gasteiger partial charge in [-0.1, -0.05) is 28.1 Å². The molecule has 0 aliphatic rings. The molecule has 0 spiro atoms. The maximum atomic E-state index is 12.0. The van der Waals surface area contributed by atoms with E-state index in [2.05, 4.69) is 31.4 Å². The lowest BCUT2D eigenvalue weighted by Gasteiger charge is -2.03. The lowest BCUT2D eigenvalue weighted by Crippen LogP contribution is -2.22. The zero-order chi connectivity index (χ0) is 16.2. The number of benzene rings is 2. The molecule has 0 saturated carbocycles. The summed E-state index contributed by atoms with van der Waals surface area (Å²) < 4.78 is 2.56. The molecule has 0 bridgehead atoms.